The highest BCUT2D eigenvalue weighted by molar-refractivity contribution is 6.31. The van der Waals surface area contributed by atoms with Crippen LogP contribution in [0.25, 0.3) is 0 Å². The van der Waals surface area contributed by atoms with Crippen LogP contribution >= 0.6 is 11.6 Å². The largest absolute Gasteiger partial charge is 0.373 e. The topological polar surface area (TPSA) is 55.6 Å². The lowest BCUT2D eigenvalue weighted by molar-refractivity contribution is -0.0169. The monoisotopic (exact) mass is 272 g/mol. The molecule has 0 bridgehead atoms. The maximum atomic E-state index is 13.8. The Morgan fingerprint density at radius 2 is 2.39 bits per heavy atom. The summed E-state index contributed by atoms with van der Waals surface area (Å²) >= 11 is 5.66. The maximum absolute atomic E-state index is 13.8. The molecule has 4 nitrogen and oxygen atoms in total. The number of carbonyl (C=O) groups is 1. The summed E-state index contributed by atoms with van der Waals surface area (Å²) < 4.78 is 19.1. The van der Waals surface area contributed by atoms with Crippen molar-refractivity contribution in [2.45, 2.75) is 6.10 Å². The zero-order valence-electron chi connectivity index (χ0n) is 9.73. The molecule has 0 aromatic heterocycles. The lowest BCUT2D eigenvalue weighted by Crippen LogP contribution is -2.48. The van der Waals surface area contributed by atoms with Gasteiger partial charge < -0.3 is 15.4 Å². The fourth-order valence-corrected chi connectivity index (χ4v) is 2.06. The average molecular weight is 273 g/mol. The van der Waals surface area contributed by atoms with Gasteiger partial charge in [0.2, 0.25) is 0 Å². The van der Waals surface area contributed by atoms with Crippen molar-refractivity contribution >= 4 is 17.5 Å². The van der Waals surface area contributed by atoms with E-state index in [2.05, 4.69) is 0 Å². The standard InChI is InChI=1S/C12H14ClFN2O2/c13-10-3-1-2-9(11(10)14)12(17)16-4-5-18-8(6-15)7-16/h1-3,8H,4-7,15H2. The van der Waals surface area contributed by atoms with Crippen molar-refractivity contribution in [3.63, 3.8) is 0 Å². The summed E-state index contributed by atoms with van der Waals surface area (Å²) in [6.45, 7) is 1.56. The van der Waals surface area contributed by atoms with E-state index >= 15 is 0 Å². The van der Waals surface area contributed by atoms with Crippen LogP contribution in [0.2, 0.25) is 5.02 Å². The van der Waals surface area contributed by atoms with Crippen LogP contribution in [0.5, 0.6) is 0 Å². The van der Waals surface area contributed by atoms with Crippen LogP contribution in [-0.4, -0.2) is 43.2 Å². The van der Waals surface area contributed by atoms with Gasteiger partial charge in [-0.3, -0.25) is 4.79 Å². The second-order valence-corrected chi connectivity index (χ2v) is 4.49. The Bertz CT molecular complexity index is 456. The molecular formula is C12H14ClFN2O2. The number of morpholine rings is 1. The van der Waals surface area contributed by atoms with Crippen molar-refractivity contribution < 1.29 is 13.9 Å². The first kappa shape index (κ1) is 13.3. The molecule has 1 unspecified atom stereocenters. The Hall–Kier alpha value is -1.17. The minimum atomic E-state index is -0.681. The molecular weight excluding hydrogens is 259 g/mol. The number of nitrogens with two attached hydrogens (primary N) is 1. The van der Waals surface area contributed by atoms with Crippen LogP contribution < -0.4 is 5.73 Å². The van der Waals surface area contributed by atoms with Crippen molar-refractivity contribution in [2.75, 3.05) is 26.2 Å². The second kappa shape index (κ2) is 5.65. The number of benzene rings is 1. The Kier molecular flexibility index (Phi) is 4.16. The number of nitrogens with zero attached hydrogens (tertiary/aromatic N) is 1. The number of rotatable bonds is 2. The zero-order valence-corrected chi connectivity index (χ0v) is 10.5. The first-order valence-corrected chi connectivity index (χ1v) is 6.06. The van der Waals surface area contributed by atoms with Gasteiger partial charge in [0.25, 0.3) is 5.91 Å². The number of hydrogen-bond donors (Lipinski definition) is 1. The van der Waals surface area contributed by atoms with Crippen molar-refractivity contribution in [1.29, 1.82) is 0 Å². The highest BCUT2D eigenvalue weighted by Gasteiger charge is 2.26. The van der Waals surface area contributed by atoms with Crippen LogP contribution in [0.3, 0.4) is 0 Å². The molecule has 1 heterocycles. The maximum Gasteiger partial charge on any atom is 0.257 e. The Morgan fingerprint density at radius 3 is 3.11 bits per heavy atom. The second-order valence-electron chi connectivity index (χ2n) is 4.08. The molecule has 1 aromatic carbocycles. The molecule has 2 N–H and O–H groups in total. The van der Waals surface area contributed by atoms with Crippen molar-refractivity contribution in [2.24, 2.45) is 5.73 Å². The predicted octanol–water partition coefficient (Wildman–Crippen LogP) is 1.28. The van der Waals surface area contributed by atoms with E-state index in [-0.39, 0.29) is 22.6 Å². The van der Waals surface area contributed by atoms with Crippen LogP contribution in [0, 0.1) is 5.82 Å². The molecule has 2 rings (SSSR count). The fourth-order valence-electron chi connectivity index (χ4n) is 1.89. The van der Waals surface area contributed by atoms with Gasteiger partial charge in [0.05, 0.1) is 23.3 Å². The first-order valence-electron chi connectivity index (χ1n) is 5.68. The summed E-state index contributed by atoms with van der Waals surface area (Å²) in [6.07, 6.45) is -0.190. The van der Waals surface area contributed by atoms with Crippen molar-refractivity contribution in [3.05, 3.63) is 34.6 Å². The third-order valence-corrected chi connectivity index (χ3v) is 3.16. The minimum Gasteiger partial charge on any atom is -0.373 e. The number of ether oxygens (including phenoxy) is 1. The number of hydrogen-bond acceptors (Lipinski definition) is 3. The van der Waals surface area contributed by atoms with Gasteiger partial charge in [-0.15, -0.1) is 0 Å². The first-order chi connectivity index (χ1) is 8.63. The summed E-state index contributed by atoms with van der Waals surface area (Å²) in [7, 11) is 0. The molecule has 1 fully saturated rings. The van der Waals surface area contributed by atoms with E-state index < -0.39 is 5.82 Å². The molecule has 18 heavy (non-hydrogen) atoms. The van der Waals surface area contributed by atoms with E-state index in [4.69, 9.17) is 22.1 Å². The molecule has 1 atom stereocenters. The molecule has 1 saturated heterocycles. The Labute approximate surface area is 109 Å². The van der Waals surface area contributed by atoms with Gasteiger partial charge >= 0.3 is 0 Å². The third kappa shape index (κ3) is 2.63. The van der Waals surface area contributed by atoms with E-state index in [0.29, 0.717) is 26.2 Å². The molecule has 0 spiro atoms. The molecule has 1 aliphatic rings. The Morgan fingerprint density at radius 1 is 1.61 bits per heavy atom. The van der Waals surface area contributed by atoms with Gasteiger partial charge in [-0.2, -0.15) is 0 Å². The lowest BCUT2D eigenvalue weighted by atomic mass is 10.1. The van der Waals surface area contributed by atoms with Crippen LogP contribution in [-0.2, 0) is 4.74 Å². The van der Waals surface area contributed by atoms with Gasteiger partial charge in [0.15, 0.2) is 5.82 Å². The third-order valence-electron chi connectivity index (χ3n) is 2.87. The van der Waals surface area contributed by atoms with Gasteiger partial charge in [-0.1, -0.05) is 17.7 Å². The molecule has 0 saturated carbocycles. The summed E-state index contributed by atoms with van der Waals surface area (Å²) in [6, 6.07) is 4.39. The smallest absolute Gasteiger partial charge is 0.257 e. The van der Waals surface area contributed by atoms with Gasteiger partial charge in [-0.05, 0) is 12.1 Å². The van der Waals surface area contributed by atoms with Gasteiger partial charge in [0.1, 0.15) is 0 Å². The average Bonchev–Trinajstić information content (AvgIpc) is 2.41. The van der Waals surface area contributed by atoms with Gasteiger partial charge in [0, 0.05) is 19.6 Å². The predicted molar refractivity (Wildman–Crippen MR) is 66.1 cm³/mol. The summed E-state index contributed by atoms with van der Waals surface area (Å²) in [5, 5.41) is -0.0514. The molecule has 1 aromatic rings. The van der Waals surface area contributed by atoms with E-state index in [0.717, 1.165) is 0 Å². The quantitative estimate of drug-likeness (QED) is 0.882. The van der Waals surface area contributed by atoms with Crippen LogP contribution in [0.4, 0.5) is 4.39 Å². The van der Waals surface area contributed by atoms with Crippen molar-refractivity contribution in [3.8, 4) is 0 Å². The lowest BCUT2D eigenvalue weighted by Gasteiger charge is -2.32. The van der Waals surface area contributed by atoms with Crippen LogP contribution in [0.15, 0.2) is 18.2 Å². The minimum absolute atomic E-state index is 0.0137. The molecule has 1 aliphatic heterocycles. The van der Waals surface area contributed by atoms with E-state index in [9.17, 15) is 9.18 Å². The van der Waals surface area contributed by atoms with E-state index in [1.165, 1.54) is 17.0 Å². The number of carbonyl (C=O) groups excluding carboxylic acids is 1. The summed E-state index contributed by atoms with van der Waals surface area (Å²) in [4.78, 5) is 13.7. The fraction of sp³-hybridized carbons (Fsp3) is 0.417. The number of amides is 1. The Balaban J connectivity index is 2.18. The highest BCUT2D eigenvalue weighted by Crippen LogP contribution is 2.20. The molecule has 98 valence electrons. The summed E-state index contributed by atoms with van der Waals surface area (Å²) in [5.41, 5.74) is 5.49. The summed E-state index contributed by atoms with van der Waals surface area (Å²) in [5.74, 6) is -1.06. The number of halogens is 2. The van der Waals surface area contributed by atoms with Gasteiger partial charge in [-0.25, -0.2) is 4.39 Å². The highest BCUT2D eigenvalue weighted by atomic mass is 35.5. The molecule has 6 heteroatoms. The zero-order chi connectivity index (χ0) is 13.1. The molecule has 1 amide bonds. The van der Waals surface area contributed by atoms with E-state index in [1.54, 1.807) is 6.07 Å². The normalized spacial score (nSPS) is 19.9. The van der Waals surface area contributed by atoms with Crippen molar-refractivity contribution in [1.82, 2.24) is 4.90 Å². The SMILES string of the molecule is NCC1CN(C(=O)c2cccc(Cl)c2F)CCO1. The van der Waals surface area contributed by atoms with Crippen LogP contribution in [0.1, 0.15) is 10.4 Å². The van der Waals surface area contributed by atoms with E-state index in [1.807, 2.05) is 0 Å². The molecule has 0 radical (unpaired) electrons. The molecule has 0 aliphatic carbocycles.